The number of pyridine rings is 2. The number of ether oxygens (including phenoxy) is 2. The largest absolute Gasteiger partial charge is 0.507 e. The molecule has 0 aliphatic carbocycles. The Balaban J connectivity index is 1.80. The Morgan fingerprint density at radius 2 is 1.87 bits per heavy atom. The van der Waals surface area contributed by atoms with E-state index in [0.29, 0.717) is 33.3 Å². The van der Waals surface area contributed by atoms with E-state index < -0.39 is 29.5 Å². The maximum atomic E-state index is 12.7. The number of carbonyl (C=O) groups excluding carboxylic acids is 2. The predicted molar refractivity (Wildman–Crippen MR) is 137 cm³/mol. The van der Waals surface area contributed by atoms with Gasteiger partial charge in [0.25, 0.3) is 0 Å². The molecule has 38 heavy (non-hydrogen) atoms. The van der Waals surface area contributed by atoms with Crippen molar-refractivity contribution in [2.75, 3.05) is 7.11 Å². The first-order chi connectivity index (χ1) is 18.2. The highest BCUT2D eigenvalue weighted by molar-refractivity contribution is 5.98. The quantitative estimate of drug-likeness (QED) is 0.249. The number of aryl methyl sites for hydroxylation is 1. The van der Waals surface area contributed by atoms with Crippen LogP contribution < -0.4 is 0 Å². The average Bonchev–Trinajstić information content (AvgIpc) is 3.34. The summed E-state index contributed by atoms with van der Waals surface area (Å²) in [6.45, 7) is 3.08. The minimum Gasteiger partial charge on any atom is -0.507 e. The zero-order chi connectivity index (χ0) is 27.1. The molecule has 0 fully saturated rings. The first kappa shape index (κ1) is 25.2. The van der Waals surface area contributed by atoms with Crippen LogP contribution in [0.1, 0.15) is 69.2 Å². The van der Waals surface area contributed by atoms with E-state index >= 15 is 0 Å². The molecule has 2 atom stereocenters. The third-order valence-electron chi connectivity index (χ3n) is 7.03. The smallest absolute Gasteiger partial charge is 0.306 e. The number of carbonyl (C=O) groups is 2. The highest BCUT2D eigenvalue weighted by Gasteiger charge is 2.36. The van der Waals surface area contributed by atoms with E-state index in [1.165, 1.54) is 20.1 Å². The minimum atomic E-state index is -0.933. The fourth-order valence-electron chi connectivity index (χ4n) is 5.10. The summed E-state index contributed by atoms with van der Waals surface area (Å²) in [4.78, 5) is 33.8. The molecule has 4 aromatic rings. The molecule has 0 radical (unpaired) electrons. The Labute approximate surface area is 218 Å². The number of phenols is 2. The average molecular weight is 515 g/mol. The van der Waals surface area contributed by atoms with Crippen LogP contribution in [-0.4, -0.2) is 44.1 Å². The lowest BCUT2D eigenvalue weighted by molar-refractivity contribution is -0.140. The van der Waals surface area contributed by atoms with Gasteiger partial charge in [0.2, 0.25) is 0 Å². The van der Waals surface area contributed by atoms with Crippen molar-refractivity contribution in [3.8, 4) is 17.2 Å². The van der Waals surface area contributed by atoms with Crippen molar-refractivity contribution < 1.29 is 34.4 Å². The van der Waals surface area contributed by atoms with Crippen LogP contribution >= 0.6 is 0 Å². The SMILES string of the molecule is COC(=O)CC(c1c(O)c(C(C)=O)cc(C2OCc3cnc(C)c(O)c32)c1O)c1ccnc2ccccc12. The molecule has 1 aliphatic rings. The number of para-hydroxylation sites is 1. The normalized spacial score (nSPS) is 15.3. The fourth-order valence-corrected chi connectivity index (χ4v) is 5.10. The van der Waals surface area contributed by atoms with E-state index in [9.17, 15) is 24.9 Å². The number of nitrogens with zero attached hydrogens (tertiary/aromatic N) is 2. The van der Waals surface area contributed by atoms with Crippen LogP contribution in [0.15, 0.2) is 48.8 Å². The van der Waals surface area contributed by atoms with Gasteiger partial charge >= 0.3 is 5.97 Å². The molecular weight excluding hydrogens is 488 g/mol. The van der Waals surface area contributed by atoms with Crippen LogP contribution in [0.5, 0.6) is 17.2 Å². The van der Waals surface area contributed by atoms with Gasteiger partial charge in [-0.1, -0.05) is 18.2 Å². The van der Waals surface area contributed by atoms with Crippen molar-refractivity contribution in [3.05, 3.63) is 87.9 Å². The van der Waals surface area contributed by atoms with Crippen molar-refractivity contribution in [3.63, 3.8) is 0 Å². The monoisotopic (exact) mass is 514 g/mol. The molecule has 0 saturated heterocycles. The zero-order valence-corrected chi connectivity index (χ0v) is 21.1. The van der Waals surface area contributed by atoms with E-state index in [2.05, 4.69) is 9.97 Å². The summed E-state index contributed by atoms with van der Waals surface area (Å²) in [5.41, 5.74) is 2.82. The number of esters is 1. The molecular formula is C29H26N2O7. The molecule has 5 rings (SSSR count). The lowest BCUT2D eigenvalue weighted by Gasteiger charge is -2.25. The minimum absolute atomic E-state index is 0.0169. The molecule has 9 nitrogen and oxygen atoms in total. The second kappa shape index (κ2) is 9.75. The molecule has 0 saturated carbocycles. The lowest BCUT2D eigenvalue weighted by atomic mass is 9.82. The second-order valence-electron chi connectivity index (χ2n) is 9.25. The maximum Gasteiger partial charge on any atom is 0.306 e. The standard InChI is InChI=1S/C29H26N2O7/c1-14-26(34)24-16(12-31-14)13-38-29(24)21-10-19(15(2)32)27(35)25(28(21)36)20(11-23(33)37-3)17-8-9-30-22-7-5-4-6-18(17)22/h4-10,12,20,29,34-36H,11,13H2,1-3H3. The number of fused-ring (bicyclic) bond motifs is 2. The molecule has 2 aromatic heterocycles. The number of rotatable bonds is 6. The number of aromatic nitrogens is 2. The van der Waals surface area contributed by atoms with E-state index in [1.807, 2.05) is 24.3 Å². The summed E-state index contributed by atoms with van der Waals surface area (Å²) in [6, 6.07) is 10.4. The Morgan fingerprint density at radius 1 is 1.11 bits per heavy atom. The summed E-state index contributed by atoms with van der Waals surface area (Å²) < 4.78 is 10.9. The van der Waals surface area contributed by atoms with Crippen LogP contribution in [0, 0.1) is 6.92 Å². The number of phenolic OH excluding ortho intramolecular Hbond substituents is 2. The van der Waals surface area contributed by atoms with E-state index in [4.69, 9.17) is 9.47 Å². The van der Waals surface area contributed by atoms with Crippen molar-refractivity contribution >= 4 is 22.7 Å². The predicted octanol–water partition coefficient (Wildman–Crippen LogP) is 4.57. The van der Waals surface area contributed by atoms with Gasteiger partial charge in [-0.25, -0.2) is 0 Å². The molecule has 0 amide bonds. The number of hydrogen-bond acceptors (Lipinski definition) is 9. The third-order valence-corrected chi connectivity index (χ3v) is 7.03. The Hall–Kier alpha value is -4.50. The molecule has 0 spiro atoms. The highest BCUT2D eigenvalue weighted by Crippen LogP contribution is 2.51. The van der Waals surface area contributed by atoms with Gasteiger partial charge in [0.15, 0.2) is 5.78 Å². The van der Waals surface area contributed by atoms with Gasteiger partial charge in [-0.3, -0.25) is 19.6 Å². The number of methoxy groups -OCH3 is 1. The molecule has 2 unspecified atom stereocenters. The lowest BCUT2D eigenvalue weighted by Crippen LogP contribution is -2.14. The van der Waals surface area contributed by atoms with Crippen molar-refractivity contribution in [2.45, 2.75) is 38.9 Å². The topological polar surface area (TPSA) is 139 Å². The highest BCUT2D eigenvalue weighted by atomic mass is 16.5. The number of hydrogen-bond donors (Lipinski definition) is 3. The van der Waals surface area contributed by atoms with E-state index in [1.54, 1.807) is 25.4 Å². The molecule has 0 bridgehead atoms. The summed E-state index contributed by atoms with van der Waals surface area (Å²) in [5.74, 6) is -2.80. The van der Waals surface area contributed by atoms with Crippen molar-refractivity contribution in [1.29, 1.82) is 0 Å². The molecule has 2 aromatic carbocycles. The fraction of sp³-hybridized carbons (Fsp3) is 0.241. The number of Topliss-reactive ketones (excluding diaryl/α,β-unsaturated/α-hetero) is 1. The van der Waals surface area contributed by atoms with Crippen LogP contribution in [0.2, 0.25) is 0 Å². The molecule has 1 aliphatic heterocycles. The summed E-state index contributed by atoms with van der Waals surface area (Å²) >= 11 is 0. The maximum absolute atomic E-state index is 12.7. The Kier molecular flexibility index (Phi) is 6.46. The van der Waals surface area contributed by atoms with Crippen LogP contribution in [-0.2, 0) is 20.9 Å². The third kappa shape index (κ3) is 4.10. The molecule has 194 valence electrons. The van der Waals surface area contributed by atoms with Crippen LogP contribution in [0.25, 0.3) is 10.9 Å². The molecule has 3 N–H and O–H groups in total. The van der Waals surface area contributed by atoms with E-state index in [-0.39, 0.29) is 41.2 Å². The zero-order valence-electron chi connectivity index (χ0n) is 21.1. The first-order valence-corrected chi connectivity index (χ1v) is 12.0. The molecule has 3 heterocycles. The Morgan fingerprint density at radius 3 is 2.61 bits per heavy atom. The van der Waals surface area contributed by atoms with Gasteiger partial charge in [0, 0.05) is 46.0 Å². The number of benzene rings is 2. The molecule has 9 heteroatoms. The van der Waals surface area contributed by atoms with Gasteiger partial charge in [0.05, 0.1) is 36.9 Å². The van der Waals surface area contributed by atoms with E-state index in [0.717, 1.165) is 0 Å². The number of ketones is 1. The van der Waals surface area contributed by atoms with Gasteiger partial charge in [-0.15, -0.1) is 0 Å². The Bertz CT molecular complexity index is 1590. The number of aromatic hydroxyl groups is 3. The van der Waals surface area contributed by atoms with Gasteiger partial charge in [-0.05, 0) is 37.6 Å². The summed E-state index contributed by atoms with van der Waals surface area (Å²) in [6.07, 6.45) is 2.01. The van der Waals surface area contributed by atoms with Gasteiger partial charge in [0.1, 0.15) is 23.4 Å². The van der Waals surface area contributed by atoms with Crippen LogP contribution in [0.3, 0.4) is 0 Å². The second-order valence-corrected chi connectivity index (χ2v) is 9.25. The van der Waals surface area contributed by atoms with Gasteiger partial charge in [-0.2, -0.15) is 0 Å². The summed E-state index contributed by atoms with van der Waals surface area (Å²) in [5, 5.41) is 34.5. The summed E-state index contributed by atoms with van der Waals surface area (Å²) in [7, 11) is 1.25. The van der Waals surface area contributed by atoms with Crippen LogP contribution in [0.4, 0.5) is 0 Å². The van der Waals surface area contributed by atoms with Crippen molar-refractivity contribution in [1.82, 2.24) is 9.97 Å². The van der Waals surface area contributed by atoms with Gasteiger partial charge < -0.3 is 24.8 Å². The first-order valence-electron chi connectivity index (χ1n) is 12.0. The van der Waals surface area contributed by atoms with Crippen molar-refractivity contribution in [2.24, 2.45) is 0 Å².